The molecule has 4 nitrogen and oxygen atoms in total. The maximum Gasteiger partial charge on any atom is 0.357 e. The number of carbonyl (C=O) groups is 1. The van der Waals surface area contributed by atoms with Crippen molar-refractivity contribution in [1.82, 2.24) is 4.98 Å². The van der Waals surface area contributed by atoms with Gasteiger partial charge in [0.2, 0.25) is 0 Å². The van der Waals surface area contributed by atoms with Crippen LogP contribution >= 0.6 is 11.3 Å². The summed E-state index contributed by atoms with van der Waals surface area (Å²) in [6, 6.07) is 0.638. The number of piperidine rings is 1. The summed E-state index contributed by atoms with van der Waals surface area (Å²) >= 11 is 1.58. The van der Waals surface area contributed by atoms with Gasteiger partial charge in [0, 0.05) is 18.0 Å². The van der Waals surface area contributed by atoms with E-state index in [9.17, 15) is 4.79 Å². The van der Waals surface area contributed by atoms with E-state index in [0.29, 0.717) is 18.3 Å². The van der Waals surface area contributed by atoms with Crippen LogP contribution in [0.1, 0.15) is 55.9 Å². The van der Waals surface area contributed by atoms with Crippen molar-refractivity contribution in [2.75, 3.05) is 18.1 Å². The van der Waals surface area contributed by atoms with Gasteiger partial charge in [0.1, 0.15) is 0 Å². The third kappa shape index (κ3) is 2.68. The molecule has 1 saturated heterocycles. The molecule has 0 bridgehead atoms. The Hall–Kier alpha value is -1.10. The molecule has 2 atom stereocenters. The predicted octanol–water partition coefficient (Wildman–Crippen LogP) is 3.48. The molecule has 0 unspecified atom stereocenters. The second kappa shape index (κ2) is 6.12. The molecule has 3 rings (SSSR count). The van der Waals surface area contributed by atoms with Crippen molar-refractivity contribution in [2.45, 2.75) is 51.5 Å². The quantitative estimate of drug-likeness (QED) is 0.800. The summed E-state index contributed by atoms with van der Waals surface area (Å²) in [6.07, 6.45) is 7.94. The number of hydrogen-bond acceptors (Lipinski definition) is 5. The molecule has 0 N–H and O–H groups in total. The maximum absolute atomic E-state index is 11.7. The zero-order valence-corrected chi connectivity index (χ0v) is 12.8. The number of rotatable bonds is 3. The molecule has 20 heavy (non-hydrogen) atoms. The number of carbonyl (C=O) groups excluding carboxylic acids is 1. The number of esters is 1. The summed E-state index contributed by atoms with van der Waals surface area (Å²) in [5, 5.41) is 2.84. The fourth-order valence-electron chi connectivity index (χ4n) is 3.56. The van der Waals surface area contributed by atoms with Gasteiger partial charge in [-0.05, 0) is 38.5 Å². The van der Waals surface area contributed by atoms with Gasteiger partial charge >= 0.3 is 5.97 Å². The van der Waals surface area contributed by atoms with Crippen molar-refractivity contribution < 1.29 is 9.53 Å². The highest BCUT2D eigenvalue weighted by Gasteiger charge is 2.34. The van der Waals surface area contributed by atoms with E-state index >= 15 is 0 Å². The van der Waals surface area contributed by atoms with Crippen molar-refractivity contribution >= 4 is 22.4 Å². The molecule has 0 amide bonds. The fraction of sp³-hybridized carbons (Fsp3) is 0.733. The van der Waals surface area contributed by atoms with E-state index < -0.39 is 0 Å². The number of nitrogens with zero attached hydrogens (tertiary/aromatic N) is 2. The van der Waals surface area contributed by atoms with Gasteiger partial charge in [-0.1, -0.05) is 12.8 Å². The zero-order chi connectivity index (χ0) is 13.9. The van der Waals surface area contributed by atoms with Crippen molar-refractivity contribution in [3.05, 3.63) is 11.1 Å². The Balaban J connectivity index is 1.76. The molecule has 1 saturated carbocycles. The highest BCUT2D eigenvalue weighted by atomic mass is 32.1. The third-order valence-corrected chi connectivity index (χ3v) is 5.34. The van der Waals surface area contributed by atoms with E-state index in [0.717, 1.165) is 17.6 Å². The summed E-state index contributed by atoms with van der Waals surface area (Å²) in [5.74, 6) is 0.527. The lowest BCUT2D eigenvalue weighted by Crippen LogP contribution is -2.46. The minimum Gasteiger partial charge on any atom is -0.461 e. The summed E-state index contributed by atoms with van der Waals surface area (Å²) < 4.78 is 5.02. The van der Waals surface area contributed by atoms with E-state index in [1.807, 2.05) is 12.3 Å². The van der Waals surface area contributed by atoms with E-state index in [2.05, 4.69) is 9.88 Å². The van der Waals surface area contributed by atoms with Gasteiger partial charge in [0.25, 0.3) is 0 Å². The zero-order valence-electron chi connectivity index (χ0n) is 12.0. The van der Waals surface area contributed by atoms with Gasteiger partial charge in [0.05, 0.1) is 6.61 Å². The third-order valence-electron chi connectivity index (χ3n) is 4.47. The largest absolute Gasteiger partial charge is 0.461 e. The minimum atomic E-state index is -0.299. The number of ether oxygens (including phenoxy) is 1. The standard InChI is InChI=1S/C15H22N2O2S/c1-2-19-14(18)12-10-20-15(16-12)17-9-5-7-11-6-3-4-8-13(11)17/h10-11,13H,2-9H2,1H3/t11-,13-/m1/s1. The molecule has 1 aliphatic carbocycles. The van der Waals surface area contributed by atoms with Crippen LogP contribution < -0.4 is 4.90 Å². The van der Waals surface area contributed by atoms with Crippen molar-refractivity contribution in [2.24, 2.45) is 5.92 Å². The van der Waals surface area contributed by atoms with Crippen LogP contribution in [0.25, 0.3) is 0 Å². The molecule has 2 aliphatic rings. The molecule has 2 heterocycles. The van der Waals surface area contributed by atoms with Crippen LogP contribution in [0.15, 0.2) is 5.38 Å². The number of fused-ring (bicyclic) bond motifs is 1. The maximum atomic E-state index is 11.7. The second-order valence-corrected chi connectivity index (χ2v) is 6.52. The SMILES string of the molecule is CCOC(=O)c1csc(N2CCC[C@H]3CCCC[C@H]32)n1. The highest BCUT2D eigenvalue weighted by Crippen LogP contribution is 2.38. The number of thiazole rings is 1. The number of aromatic nitrogens is 1. The predicted molar refractivity (Wildman–Crippen MR) is 80.4 cm³/mol. The van der Waals surface area contributed by atoms with E-state index in [1.54, 1.807) is 11.3 Å². The van der Waals surface area contributed by atoms with E-state index in [1.165, 1.54) is 38.5 Å². The molecular weight excluding hydrogens is 272 g/mol. The average molecular weight is 294 g/mol. The summed E-state index contributed by atoms with van der Waals surface area (Å²) in [5.41, 5.74) is 0.463. The molecule has 1 aromatic heterocycles. The van der Waals surface area contributed by atoms with Crippen LogP contribution in [0, 0.1) is 5.92 Å². The molecule has 0 radical (unpaired) electrons. The Kier molecular flexibility index (Phi) is 4.24. The lowest BCUT2D eigenvalue weighted by atomic mass is 9.78. The first-order valence-electron chi connectivity index (χ1n) is 7.69. The normalized spacial score (nSPS) is 26.1. The van der Waals surface area contributed by atoms with Crippen molar-refractivity contribution in [3.8, 4) is 0 Å². The van der Waals surface area contributed by atoms with Crippen LogP contribution in [-0.2, 0) is 4.74 Å². The first-order valence-corrected chi connectivity index (χ1v) is 8.57. The van der Waals surface area contributed by atoms with Gasteiger partial charge in [-0.2, -0.15) is 0 Å². The van der Waals surface area contributed by atoms with Crippen molar-refractivity contribution in [1.29, 1.82) is 0 Å². The molecule has 0 spiro atoms. The average Bonchev–Trinajstić information content (AvgIpc) is 2.97. The number of hydrogen-bond donors (Lipinski definition) is 0. The Labute approximate surface area is 124 Å². The van der Waals surface area contributed by atoms with Crippen LogP contribution in [-0.4, -0.2) is 30.1 Å². The van der Waals surface area contributed by atoms with Gasteiger partial charge in [-0.15, -0.1) is 11.3 Å². The monoisotopic (exact) mass is 294 g/mol. The lowest BCUT2D eigenvalue weighted by Gasteiger charge is -2.44. The number of anilines is 1. The lowest BCUT2D eigenvalue weighted by molar-refractivity contribution is 0.0520. The Morgan fingerprint density at radius 1 is 1.40 bits per heavy atom. The van der Waals surface area contributed by atoms with Crippen LogP contribution in [0.3, 0.4) is 0 Å². The molecule has 0 aromatic carbocycles. The molecule has 5 heteroatoms. The topological polar surface area (TPSA) is 42.4 Å². The highest BCUT2D eigenvalue weighted by molar-refractivity contribution is 7.13. The van der Waals surface area contributed by atoms with Gasteiger partial charge in [-0.25, -0.2) is 9.78 Å². The minimum absolute atomic E-state index is 0.299. The van der Waals surface area contributed by atoms with Crippen LogP contribution in [0.4, 0.5) is 5.13 Å². The van der Waals surface area contributed by atoms with E-state index in [-0.39, 0.29) is 5.97 Å². The van der Waals surface area contributed by atoms with Gasteiger partial charge in [-0.3, -0.25) is 0 Å². The summed E-state index contributed by atoms with van der Waals surface area (Å²) in [7, 11) is 0. The smallest absolute Gasteiger partial charge is 0.357 e. The van der Waals surface area contributed by atoms with Gasteiger partial charge in [0.15, 0.2) is 10.8 Å². The second-order valence-electron chi connectivity index (χ2n) is 5.68. The first kappa shape index (κ1) is 13.9. The summed E-state index contributed by atoms with van der Waals surface area (Å²) in [6.45, 7) is 3.31. The first-order chi connectivity index (χ1) is 9.79. The molecule has 2 fully saturated rings. The Bertz CT molecular complexity index is 472. The van der Waals surface area contributed by atoms with Crippen molar-refractivity contribution in [3.63, 3.8) is 0 Å². The Morgan fingerprint density at radius 3 is 3.05 bits per heavy atom. The van der Waals surface area contributed by atoms with E-state index in [4.69, 9.17) is 4.74 Å². The van der Waals surface area contributed by atoms with Gasteiger partial charge < -0.3 is 9.64 Å². The fourth-order valence-corrected chi connectivity index (χ4v) is 4.44. The molecule has 1 aliphatic heterocycles. The van der Waals surface area contributed by atoms with Crippen LogP contribution in [0.2, 0.25) is 0 Å². The van der Waals surface area contributed by atoms with Crippen LogP contribution in [0.5, 0.6) is 0 Å². The summed E-state index contributed by atoms with van der Waals surface area (Å²) in [4.78, 5) is 18.7. The Morgan fingerprint density at radius 2 is 2.20 bits per heavy atom. The molecule has 110 valence electrons. The molecular formula is C15H22N2O2S. The molecule has 1 aromatic rings.